The van der Waals surface area contributed by atoms with Gasteiger partial charge in [-0.05, 0) is 25.1 Å². The lowest BCUT2D eigenvalue weighted by atomic mass is 10.1. The van der Waals surface area contributed by atoms with Crippen LogP contribution in [0.5, 0.6) is 0 Å². The first-order chi connectivity index (χ1) is 10.1. The van der Waals surface area contributed by atoms with Crippen molar-refractivity contribution in [3.05, 3.63) is 50.4 Å². The fourth-order valence-corrected chi connectivity index (χ4v) is 4.06. The van der Waals surface area contributed by atoms with Crippen LogP contribution in [0.3, 0.4) is 0 Å². The molecule has 0 aliphatic rings. The highest BCUT2D eigenvalue weighted by Crippen LogP contribution is 2.36. The summed E-state index contributed by atoms with van der Waals surface area (Å²) in [6.07, 6.45) is -0.293. The standard InChI is InChI=1S/C15H14Cl2N2OS/c1-2-19-11-6-4-3-5-10(11)18-14(19)8-12(20)9-7-13(16)21-15(9)17/h3-7,12,20H,2,8H2,1H3. The van der Waals surface area contributed by atoms with Crippen LogP contribution in [0.2, 0.25) is 8.67 Å². The van der Waals surface area contributed by atoms with Gasteiger partial charge in [0.1, 0.15) is 10.2 Å². The highest BCUT2D eigenvalue weighted by atomic mass is 35.5. The summed E-state index contributed by atoms with van der Waals surface area (Å²) in [6.45, 7) is 2.87. The van der Waals surface area contributed by atoms with Crippen molar-refractivity contribution in [3.63, 3.8) is 0 Å². The highest BCUT2D eigenvalue weighted by molar-refractivity contribution is 7.20. The van der Waals surface area contributed by atoms with E-state index in [2.05, 4.69) is 16.5 Å². The summed E-state index contributed by atoms with van der Waals surface area (Å²) in [5.74, 6) is 0.851. The van der Waals surface area contributed by atoms with Crippen molar-refractivity contribution in [1.29, 1.82) is 0 Å². The van der Waals surface area contributed by atoms with Gasteiger partial charge in [0.15, 0.2) is 0 Å². The second-order valence-electron chi connectivity index (χ2n) is 4.76. The summed E-state index contributed by atoms with van der Waals surface area (Å²) in [7, 11) is 0. The van der Waals surface area contributed by atoms with E-state index < -0.39 is 6.10 Å². The van der Waals surface area contributed by atoms with E-state index >= 15 is 0 Å². The number of aromatic nitrogens is 2. The van der Waals surface area contributed by atoms with Crippen LogP contribution in [0.4, 0.5) is 0 Å². The van der Waals surface area contributed by atoms with Crippen LogP contribution < -0.4 is 0 Å². The molecule has 3 nitrogen and oxygen atoms in total. The zero-order valence-corrected chi connectivity index (χ0v) is 13.7. The normalized spacial score (nSPS) is 13.0. The number of nitrogens with zero attached hydrogens (tertiary/aromatic N) is 2. The van der Waals surface area contributed by atoms with Crippen molar-refractivity contribution in [2.24, 2.45) is 0 Å². The Morgan fingerprint density at radius 3 is 2.76 bits per heavy atom. The van der Waals surface area contributed by atoms with E-state index in [-0.39, 0.29) is 0 Å². The molecule has 0 amide bonds. The zero-order chi connectivity index (χ0) is 15.0. The average molecular weight is 341 g/mol. The second kappa shape index (κ2) is 5.97. The Morgan fingerprint density at radius 2 is 2.10 bits per heavy atom. The molecule has 1 unspecified atom stereocenters. The van der Waals surface area contributed by atoms with Gasteiger partial charge < -0.3 is 9.67 Å². The van der Waals surface area contributed by atoms with Gasteiger partial charge in [0.05, 0.1) is 21.5 Å². The number of imidazole rings is 1. The van der Waals surface area contributed by atoms with Crippen molar-refractivity contribution >= 4 is 45.6 Å². The van der Waals surface area contributed by atoms with Crippen molar-refractivity contribution in [3.8, 4) is 0 Å². The van der Waals surface area contributed by atoms with Crippen molar-refractivity contribution < 1.29 is 5.11 Å². The summed E-state index contributed by atoms with van der Waals surface area (Å²) in [5, 5.41) is 10.4. The van der Waals surface area contributed by atoms with E-state index in [4.69, 9.17) is 23.2 Å². The van der Waals surface area contributed by atoms with E-state index in [0.717, 1.165) is 23.4 Å². The summed E-state index contributed by atoms with van der Waals surface area (Å²) < 4.78 is 3.23. The number of hydrogen-bond acceptors (Lipinski definition) is 3. The van der Waals surface area contributed by atoms with Crippen molar-refractivity contribution in [2.75, 3.05) is 0 Å². The Hall–Kier alpha value is -1.07. The number of rotatable bonds is 4. The fourth-order valence-electron chi connectivity index (χ4n) is 2.50. The molecule has 21 heavy (non-hydrogen) atoms. The topological polar surface area (TPSA) is 38.0 Å². The number of aryl methyl sites for hydroxylation is 1. The van der Waals surface area contributed by atoms with Gasteiger partial charge in [0, 0.05) is 18.5 Å². The molecule has 0 aliphatic carbocycles. The number of aliphatic hydroxyl groups excluding tert-OH is 1. The molecule has 0 spiro atoms. The van der Waals surface area contributed by atoms with E-state index in [1.54, 1.807) is 6.07 Å². The number of halogens is 2. The number of aliphatic hydroxyl groups is 1. The van der Waals surface area contributed by atoms with E-state index in [0.29, 0.717) is 20.7 Å². The molecule has 0 radical (unpaired) electrons. The molecule has 110 valence electrons. The van der Waals surface area contributed by atoms with Gasteiger partial charge in [0.25, 0.3) is 0 Å². The summed E-state index contributed by atoms with van der Waals surface area (Å²) >= 11 is 13.3. The largest absolute Gasteiger partial charge is 0.388 e. The van der Waals surface area contributed by atoms with Crippen LogP contribution in [0.15, 0.2) is 30.3 Å². The molecule has 0 saturated heterocycles. The predicted octanol–water partition coefficient (Wildman–Crippen LogP) is 4.70. The molecule has 1 atom stereocenters. The maximum Gasteiger partial charge on any atom is 0.112 e. The van der Waals surface area contributed by atoms with Crippen LogP contribution in [0.1, 0.15) is 24.4 Å². The minimum absolute atomic E-state index is 0.412. The van der Waals surface area contributed by atoms with Gasteiger partial charge in [-0.2, -0.15) is 0 Å². The average Bonchev–Trinajstić information content (AvgIpc) is 2.97. The first-order valence-electron chi connectivity index (χ1n) is 6.67. The minimum Gasteiger partial charge on any atom is -0.388 e. The minimum atomic E-state index is -0.705. The van der Waals surface area contributed by atoms with Gasteiger partial charge >= 0.3 is 0 Å². The first-order valence-corrected chi connectivity index (χ1v) is 8.24. The Kier molecular flexibility index (Phi) is 4.22. The number of fused-ring (bicyclic) bond motifs is 1. The van der Waals surface area contributed by atoms with Gasteiger partial charge in [-0.3, -0.25) is 0 Å². The molecule has 6 heteroatoms. The molecule has 0 saturated carbocycles. The number of hydrogen-bond donors (Lipinski definition) is 1. The summed E-state index contributed by atoms with van der Waals surface area (Å²) in [6, 6.07) is 9.69. The highest BCUT2D eigenvalue weighted by Gasteiger charge is 2.19. The third kappa shape index (κ3) is 2.81. The Labute approximate surface area is 136 Å². The molecule has 1 N–H and O–H groups in total. The fraction of sp³-hybridized carbons (Fsp3) is 0.267. The SMILES string of the molecule is CCn1c(CC(O)c2cc(Cl)sc2Cl)nc2ccccc21. The van der Waals surface area contributed by atoms with Gasteiger partial charge in [-0.15, -0.1) is 11.3 Å². The Morgan fingerprint density at radius 1 is 1.33 bits per heavy atom. The van der Waals surface area contributed by atoms with Gasteiger partial charge in [-0.1, -0.05) is 35.3 Å². The van der Waals surface area contributed by atoms with E-state index in [9.17, 15) is 5.11 Å². The van der Waals surface area contributed by atoms with Crippen LogP contribution in [0, 0.1) is 0 Å². The molecule has 3 aromatic rings. The lowest BCUT2D eigenvalue weighted by Crippen LogP contribution is -2.08. The molecule has 0 bridgehead atoms. The second-order valence-corrected chi connectivity index (χ2v) is 7.05. The zero-order valence-electron chi connectivity index (χ0n) is 11.4. The van der Waals surface area contributed by atoms with Crippen LogP contribution >= 0.6 is 34.5 Å². The maximum atomic E-state index is 10.4. The number of benzene rings is 1. The Balaban J connectivity index is 1.96. The van der Waals surface area contributed by atoms with Crippen LogP contribution in [0.25, 0.3) is 11.0 Å². The number of para-hydroxylation sites is 2. The lowest BCUT2D eigenvalue weighted by molar-refractivity contribution is 0.175. The molecule has 3 rings (SSSR count). The third-order valence-electron chi connectivity index (χ3n) is 3.47. The maximum absolute atomic E-state index is 10.4. The summed E-state index contributed by atoms with van der Waals surface area (Å²) in [4.78, 5) is 4.62. The van der Waals surface area contributed by atoms with Crippen LogP contribution in [-0.4, -0.2) is 14.7 Å². The molecular weight excluding hydrogens is 327 g/mol. The van der Waals surface area contributed by atoms with E-state index in [1.807, 2.05) is 24.3 Å². The third-order valence-corrected chi connectivity index (χ3v) is 4.99. The van der Waals surface area contributed by atoms with Crippen LogP contribution in [-0.2, 0) is 13.0 Å². The molecule has 0 aliphatic heterocycles. The predicted molar refractivity (Wildman–Crippen MR) is 88.4 cm³/mol. The smallest absolute Gasteiger partial charge is 0.112 e. The quantitative estimate of drug-likeness (QED) is 0.747. The molecule has 2 heterocycles. The number of thiophene rings is 1. The van der Waals surface area contributed by atoms with Crippen molar-refractivity contribution in [1.82, 2.24) is 9.55 Å². The van der Waals surface area contributed by atoms with E-state index in [1.165, 1.54) is 11.3 Å². The summed E-state index contributed by atoms with van der Waals surface area (Å²) in [5.41, 5.74) is 2.69. The molecular formula is C15H14Cl2N2OS. The molecule has 0 fully saturated rings. The van der Waals surface area contributed by atoms with Gasteiger partial charge in [0.2, 0.25) is 0 Å². The lowest BCUT2D eigenvalue weighted by Gasteiger charge is -2.11. The molecule has 1 aromatic carbocycles. The molecule has 2 aromatic heterocycles. The van der Waals surface area contributed by atoms with Crippen molar-refractivity contribution in [2.45, 2.75) is 26.0 Å². The Bertz CT molecular complexity index is 781. The first kappa shape index (κ1) is 14.9. The van der Waals surface area contributed by atoms with Gasteiger partial charge in [-0.25, -0.2) is 4.98 Å². The monoisotopic (exact) mass is 340 g/mol.